The van der Waals surface area contributed by atoms with Crippen molar-refractivity contribution in [2.24, 2.45) is 0 Å². The predicted octanol–water partition coefficient (Wildman–Crippen LogP) is 0.759. The van der Waals surface area contributed by atoms with Gasteiger partial charge in [0, 0.05) is 0 Å². The number of benzene rings is 1. The molecule has 0 atom stereocenters. The lowest BCUT2D eigenvalue weighted by Gasteiger charge is -2.01. The normalized spacial score (nSPS) is 11.4. The number of nitrogens with zero attached hydrogens (tertiary/aromatic N) is 3. The molecule has 0 aliphatic carbocycles. The minimum Gasteiger partial charge on any atom is -0.449 e. The Bertz CT molecular complexity index is 1030. The van der Waals surface area contributed by atoms with Gasteiger partial charge in [-0.3, -0.25) is 9.59 Å². The van der Waals surface area contributed by atoms with E-state index in [0.717, 1.165) is 30.3 Å². The van der Waals surface area contributed by atoms with Gasteiger partial charge in [0.1, 0.15) is 11.6 Å². The van der Waals surface area contributed by atoms with Crippen LogP contribution in [0.4, 0.5) is 4.39 Å². The van der Waals surface area contributed by atoms with Gasteiger partial charge in [0.15, 0.2) is 0 Å². The number of aromatic amines is 1. The van der Waals surface area contributed by atoms with Crippen LogP contribution >= 0.6 is 0 Å². The van der Waals surface area contributed by atoms with E-state index >= 15 is 0 Å². The number of aromatic nitrogens is 4. The van der Waals surface area contributed by atoms with Gasteiger partial charge in [-0.25, -0.2) is 12.8 Å². The maximum Gasteiger partial charge on any atom is 0.269 e. The van der Waals surface area contributed by atoms with Gasteiger partial charge in [-0.1, -0.05) is 0 Å². The largest absolute Gasteiger partial charge is 0.449 e. The Balaban J connectivity index is 1.79. The van der Waals surface area contributed by atoms with E-state index in [1.165, 1.54) is 6.07 Å². The standard InChI is InChI=1S/C14H9FN4O5S/c15-8-1-4-10(5-2-8)25(22,23)12-6-3-9(24-12)7-11(20)13(21)14-16-18-19-17-14/h1-6H,7H2,(H,16,17,18,19). The molecule has 25 heavy (non-hydrogen) atoms. The highest BCUT2D eigenvalue weighted by atomic mass is 32.2. The number of carbonyl (C=O) groups is 2. The number of hydrogen-bond acceptors (Lipinski definition) is 8. The molecule has 128 valence electrons. The van der Waals surface area contributed by atoms with Crippen LogP contribution in [0.1, 0.15) is 16.4 Å². The molecule has 0 spiro atoms. The van der Waals surface area contributed by atoms with Gasteiger partial charge < -0.3 is 4.42 Å². The Hall–Kier alpha value is -3.21. The molecule has 1 N–H and O–H groups in total. The van der Waals surface area contributed by atoms with Crippen LogP contribution in [0.5, 0.6) is 0 Å². The molecule has 0 unspecified atom stereocenters. The third-order valence-corrected chi connectivity index (χ3v) is 4.80. The monoisotopic (exact) mass is 364 g/mol. The van der Waals surface area contributed by atoms with Crippen molar-refractivity contribution in [2.75, 3.05) is 0 Å². The summed E-state index contributed by atoms with van der Waals surface area (Å²) in [4.78, 5) is 23.4. The maximum absolute atomic E-state index is 12.9. The van der Waals surface area contributed by atoms with Crippen LogP contribution in [0.25, 0.3) is 0 Å². The number of furan rings is 1. The summed E-state index contributed by atoms with van der Waals surface area (Å²) in [6, 6.07) is 6.61. The second-order valence-electron chi connectivity index (χ2n) is 4.84. The molecule has 2 aromatic heterocycles. The van der Waals surface area contributed by atoms with E-state index in [2.05, 4.69) is 20.6 Å². The zero-order chi connectivity index (χ0) is 18.0. The van der Waals surface area contributed by atoms with Gasteiger partial charge in [0.05, 0.1) is 11.3 Å². The van der Waals surface area contributed by atoms with Gasteiger partial charge in [-0.15, -0.1) is 10.2 Å². The van der Waals surface area contributed by atoms with E-state index in [9.17, 15) is 22.4 Å². The molecule has 9 nitrogen and oxygen atoms in total. The summed E-state index contributed by atoms with van der Waals surface area (Å²) in [5, 5.41) is 11.6. The molecule has 0 amide bonds. The first-order chi connectivity index (χ1) is 11.9. The van der Waals surface area contributed by atoms with E-state index in [1.807, 2.05) is 0 Å². The van der Waals surface area contributed by atoms with Crippen molar-refractivity contribution in [3.63, 3.8) is 0 Å². The van der Waals surface area contributed by atoms with Crippen LogP contribution in [0.3, 0.4) is 0 Å². The average Bonchev–Trinajstić information content (AvgIpc) is 3.26. The molecule has 11 heteroatoms. The van der Waals surface area contributed by atoms with Gasteiger partial charge in [0.2, 0.25) is 26.5 Å². The predicted molar refractivity (Wildman–Crippen MR) is 77.8 cm³/mol. The Labute approximate surface area is 139 Å². The lowest BCUT2D eigenvalue weighted by atomic mass is 10.1. The maximum atomic E-state index is 12.9. The van der Waals surface area contributed by atoms with E-state index in [1.54, 1.807) is 0 Å². The number of sulfone groups is 1. The van der Waals surface area contributed by atoms with Crippen molar-refractivity contribution in [1.82, 2.24) is 20.6 Å². The number of H-pyrrole nitrogens is 1. The van der Waals surface area contributed by atoms with Crippen molar-refractivity contribution in [1.29, 1.82) is 0 Å². The third-order valence-electron chi connectivity index (χ3n) is 3.16. The van der Waals surface area contributed by atoms with Crippen LogP contribution in [0.2, 0.25) is 0 Å². The fraction of sp³-hybridized carbons (Fsp3) is 0.0714. The molecular formula is C14H9FN4O5S. The molecule has 0 saturated heterocycles. The molecule has 0 saturated carbocycles. The van der Waals surface area contributed by atoms with Crippen molar-refractivity contribution in [2.45, 2.75) is 16.4 Å². The van der Waals surface area contributed by atoms with Crippen LogP contribution < -0.4 is 0 Å². The second-order valence-corrected chi connectivity index (χ2v) is 6.72. The molecule has 0 fully saturated rings. The Morgan fingerprint density at radius 2 is 1.84 bits per heavy atom. The number of Topliss-reactive ketones (excluding diaryl/α,β-unsaturated/α-hetero) is 2. The highest BCUT2D eigenvalue weighted by molar-refractivity contribution is 7.91. The van der Waals surface area contributed by atoms with Crippen LogP contribution in [-0.4, -0.2) is 40.6 Å². The second kappa shape index (κ2) is 6.36. The molecule has 2 heterocycles. The van der Waals surface area contributed by atoms with Crippen LogP contribution in [0.15, 0.2) is 50.8 Å². The van der Waals surface area contributed by atoms with Gasteiger partial charge in [-0.05, 0) is 41.6 Å². The first kappa shape index (κ1) is 16.6. The zero-order valence-electron chi connectivity index (χ0n) is 12.3. The third kappa shape index (κ3) is 3.35. The highest BCUT2D eigenvalue weighted by Crippen LogP contribution is 2.23. The minimum absolute atomic E-state index is 0.0254. The fourth-order valence-corrected chi connectivity index (χ4v) is 3.14. The summed E-state index contributed by atoms with van der Waals surface area (Å²) >= 11 is 0. The number of carbonyl (C=O) groups excluding carboxylic acids is 2. The lowest BCUT2D eigenvalue weighted by Crippen LogP contribution is -2.18. The molecule has 0 radical (unpaired) electrons. The molecule has 1 aromatic carbocycles. The number of tetrazole rings is 1. The Morgan fingerprint density at radius 3 is 2.48 bits per heavy atom. The SMILES string of the molecule is O=C(Cc1ccc(S(=O)(=O)c2ccc(F)cc2)o1)C(=O)c1nn[nH]n1. The minimum atomic E-state index is -4.00. The quantitative estimate of drug-likeness (QED) is 0.385. The van der Waals surface area contributed by atoms with Crippen molar-refractivity contribution in [3.05, 3.63) is 53.8 Å². The Kier molecular flexibility index (Phi) is 4.23. The highest BCUT2D eigenvalue weighted by Gasteiger charge is 2.25. The summed E-state index contributed by atoms with van der Waals surface area (Å²) in [5.41, 5.74) is 0. The van der Waals surface area contributed by atoms with E-state index in [-0.39, 0.29) is 10.7 Å². The molecule has 3 aromatic rings. The molecular weight excluding hydrogens is 355 g/mol. The van der Waals surface area contributed by atoms with E-state index in [0.29, 0.717) is 0 Å². The zero-order valence-corrected chi connectivity index (χ0v) is 13.2. The van der Waals surface area contributed by atoms with Crippen LogP contribution in [-0.2, 0) is 21.1 Å². The van der Waals surface area contributed by atoms with Gasteiger partial charge in [-0.2, -0.15) is 5.21 Å². The number of nitrogens with one attached hydrogen (secondary N) is 1. The van der Waals surface area contributed by atoms with Gasteiger partial charge >= 0.3 is 0 Å². The Morgan fingerprint density at radius 1 is 1.12 bits per heavy atom. The van der Waals surface area contributed by atoms with E-state index in [4.69, 9.17) is 4.42 Å². The summed E-state index contributed by atoms with van der Waals surface area (Å²) in [6.07, 6.45) is -0.466. The number of rotatable bonds is 6. The van der Waals surface area contributed by atoms with Gasteiger partial charge in [0.25, 0.3) is 5.78 Å². The van der Waals surface area contributed by atoms with E-state index < -0.39 is 44.6 Å². The first-order valence-electron chi connectivity index (χ1n) is 6.78. The lowest BCUT2D eigenvalue weighted by molar-refractivity contribution is -0.114. The fourth-order valence-electron chi connectivity index (χ4n) is 1.95. The number of halogens is 1. The van der Waals surface area contributed by atoms with Crippen LogP contribution in [0, 0.1) is 5.82 Å². The average molecular weight is 364 g/mol. The molecule has 3 rings (SSSR count). The van der Waals surface area contributed by atoms with Crippen molar-refractivity contribution >= 4 is 21.4 Å². The molecule has 0 aliphatic rings. The summed E-state index contributed by atoms with van der Waals surface area (Å²) < 4.78 is 42.8. The smallest absolute Gasteiger partial charge is 0.269 e. The molecule has 0 aliphatic heterocycles. The summed E-state index contributed by atoms with van der Waals surface area (Å²) in [6.45, 7) is 0. The first-order valence-corrected chi connectivity index (χ1v) is 8.26. The number of ketones is 2. The number of hydrogen-bond donors (Lipinski definition) is 1. The van der Waals surface area contributed by atoms with Crippen molar-refractivity contribution in [3.8, 4) is 0 Å². The molecule has 0 bridgehead atoms. The summed E-state index contributed by atoms with van der Waals surface area (Å²) in [7, 11) is -4.00. The topological polar surface area (TPSA) is 136 Å². The summed E-state index contributed by atoms with van der Waals surface area (Å²) in [5.74, 6) is -2.86. The van der Waals surface area contributed by atoms with Crippen molar-refractivity contribution < 1.29 is 26.8 Å².